The number of benzene rings is 8. The van der Waals surface area contributed by atoms with Crippen LogP contribution in [0, 0.1) is 17.9 Å². The van der Waals surface area contributed by atoms with E-state index in [1.807, 2.05) is 36.4 Å². The fourth-order valence-corrected chi connectivity index (χ4v) is 8.84. The van der Waals surface area contributed by atoms with Crippen LogP contribution in [0.5, 0.6) is 0 Å². The number of para-hydroxylation sites is 4. The Balaban J connectivity index is 1.19. The smallest absolute Gasteiger partial charge is 0.197 e. The van der Waals surface area contributed by atoms with Crippen molar-refractivity contribution in [2.24, 2.45) is 0 Å². The van der Waals surface area contributed by atoms with Gasteiger partial charge in [0.2, 0.25) is 0 Å². The highest BCUT2D eigenvalue weighted by Gasteiger charge is 2.22. The van der Waals surface area contributed by atoms with E-state index in [0.717, 1.165) is 82.8 Å². The molecular weight excluding hydrogens is 671 g/mol. The van der Waals surface area contributed by atoms with Gasteiger partial charge < -0.3 is 13.7 Å². The number of aromatic nitrogens is 3. The molecule has 0 atom stereocenters. The summed E-state index contributed by atoms with van der Waals surface area (Å²) >= 11 is 0. The summed E-state index contributed by atoms with van der Waals surface area (Å²) < 4.78 is 6.98. The second-order valence-electron chi connectivity index (χ2n) is 13.9. The van der Waals surface area contributed by atoms with Crippen LogP contribution in [0.3, 0.4) is 0 Å². The molecule has 8 aromatic carbocycles. The van der Waals surface area contributed by atoms with Gasteiger partial charge in [-0.05, 0) is 77.7 Å². The Labute approximate surface area is 316 Å². The third kappa shape index (κ3) is 4.39. The summed E-state index contributed by atoms with van der Waals surface area (Å²) in [6, 6.07) is 63.6. The second kappa shape index (κ2) is 11.8. The molecule has 3 heterocycles. The Kier molecular flexibility index (Phi) is 6.61. The lowest BCUT2D eigenvalue weighted by molar-refractivity contribution is 1.16. The molecule has 0 fully saturated rings. The molecule has 0 aliphatic carbocycles. The normalized spacial score (nSPS) is 11.6. The van der Waals surface area contributed by atoms with Gasteiger partial charge in [-0.25, -0.2) is 4.85 Å². The van der Waals surface area contributed by atoms with Gasteiger partial charge in [-0.1, -0.05) is 109 Å². The molecule has 11 aromatic rings. The molecule has 3 aromatic heterocycles. The summed E-state index contributed by atoms with van der Waals surface area (Å²) in [6.07, 6.45) is 0. The molecule has 11 rings (SSSR count). The van der Waals surface area contributed by atoms with Gasteiger partial charge in [0.25, 0.3) is 0 Å². The van der Waals surface area contributed by atoms with Crippen LogP contribution in [0.15, 0.2) is 176 Å². The van der Waals surface area contributed by atoms with Crippen LogP contribution in [-0.4, -0.2) is 13.7 Å². The summed E-state index contributed by atoms with van der Waals surface area (Å²) in [4.78, 5) is 3.89. The zero-order valence-electron chi connectivity index (χ0n) is 29.5. The number of rotatable bonds is 4. The third-order valence-electron chi connectivity index (χ3n) is 11.1. The van der Waals surface area contributed by atoms with E-state index in [0.29, 0.717) is 11.3 Å². The highest BCUT2D eigenvalue weighted by molar-refractivity contribution is 6.17. The van der Waals surface area contributed by atoms with Crippen molar-refractivity contribution in [3.63, 3.8) is 0 Å². The molecule has 0 saturated carbocycles. The molecule has 0 bridgehead atoms. The topological polar surface area (TPSA) is 42.9 Å². The van der Waals surface area contributed by atoms with Crippen LogP contribution in [0.2, 0.25) is 0 Å². The van der Waals surface area contributed by atoms with Gasteiger partial charge in [0.1, 0.15) is 0 Å². The van der Waals surface area contributed by atoms with Gasteiger partial charge in [-0.3, -0.25) is 0 Å². The zero-order chi connectivity index (χ0) is 36.6. The summed E-state index contributed by atoms with van der Waals surface area (Å²) in [7, 11) is 0. The molecule has 5 heteroatoms. The third-order valence-corrected chi connectivity index (χ3v) is 11.1. The van der Waals surface area contributed by atoms with Gasteiger partial charge in [0, 0.05) is 43.7 Å². The maximum atomic E-state index is 10.2. The molecule has 0 saturated heterocycles. The van der Waals surface area contributed by atoms with E-state index in [9.17, 15) is 5.26 Å². The number of hydrogen-bond acceptors (Lipinski definition) is 1. The number of fused-ring (bicyclic) bond motifs is 9. The Morgan fingerprint density at radius 2 is 0.964 bits per heavy atom. The maximum Gasteiger partial charge on any atom is 0.197 e. The van der Waals surface area contributed by atoms with Gasteiger partial charge in [-0.15, -0.1) is 0 Å². The number of nitriles is 1. The minimum atomic E-state index is 0.591. The van der Waals surface area contributed by atoms with Crippen molar-refractivity contribution in [1.29, 1.82) is 5.26 Å². The van der Waals surface area contributed by atoms with Crippen molar-refractivity contribution in [3.05, 3.63) is 193 Å². The molecule has 0 aliphatic rings. The van der Waals surface area contributed by atoms with Crippen LogP contribution in [0.1, 0.15) is 5.56 Å². The number of nitrogens with zero attached hydrogens (tertiary/aromatic N) is 5. The molecule has 0 unspecified atom stereocenters. The second-order valence-corrected chi connectivity index (χ2v) is 13.9. The maximum absolute atomic E-state index is 10.2. The van der Waals surface area contributed by atoms with E-state index in [4.69, 9.17) is 6.57 Å². The van der Waals surface area contributed by atoms with E-state index in [-0.39, 0.29) is 0 Å². The molecule has 0 spiro atoms. The summed E-state index contributed by atoms with van der Waals surface area (Å²) in [6.45, 7) is 7.92. The van der Waals surface area contributed by atoms with E-state index in [2.05, 4.69) is 164 Å². The predicted octanol–water partition coefficient (Wildman–Crippen LogP) is 13.1. The molecule has 0 amide bonds. The highest BCUT2D eigenvalue weighted by atomic mass is 15.0. The molecular formula is C50H29N5. The Hall–Kier alpha value is -7.86. The van der Waals surface area contributed by atoms with Crippen molar-refractivity contribution in [2.75, 3.05) is 0 Å². The largest absolute Gasteiger partial charge is 0.311 e. The quantitative estimate of drug-likeness (QED) is 0.169. The van der Waals surface area contributed by atoms with E-state index in [1.54, 1.807) is 0 Å². The molecule has 0 aliphatic heterocycles. The monoisotopic (exact) mass is 699 g/mol. The summed E-state index contributed by atoms with van der Waals surface area (Å²) in [5.41, 5.74) is 12.8. The Bertz CT molecular complexity index is 3420. The van der Waals surface area contributed by atoms with E-state index >= 15 is 0 Å². The standard InChI is InChI=1S/C50H29N5/c1-52-40-19-11-24-45-49(40)38-17-4-8-22-43(38)53(45)34-14-10-13-33(30-34)35-28-27-32(31-51)29-48(35)55-44-23-9-5-18-39(44)50-46(25-12-26-47(50)55)54-41-20-6-2-15-36(41)37-16-3-7-21-42(37)54/h2-30H. The van der Waals surface area contributed by atoms with Crippen LogP contribution in [0.4, 0.5) is 5.69 Å². The fraction of sp³-hybridized carbons (Fsp3) is 0. The van der Waals surface area contributed by atoms with Crippen molar-refractivity contribution < 1.29 is 0 Å². The van der Waals surface area contributed by atoms with Crippen LogP contribution in [-0.2, 0) is 0 Å². The molecule has 0 N–H and O–H groups in total. The SMILES string of the molecule is [C-]#[N+]c1cccc2c1c1ccccc1n2-c1cccc(-c2ccc(C#N)cc2-n2c3ccccc3c3c(-n4c5ccccc5c5ccccc54)cccc32)c1. The zero-order valence-corrected chi connectivity index (χ0v) is 29.5. The van der Waals surface area contributed by atoms with E-state index < -0.39 is 0 Å². The van der Waals surface area contributed by atoms with Gasteiger partial charge in [-0.2, -0.15) is 5.26 Å². The molecule has 254 valence electrons. The van der Waals surface area contributed by atoms with Crippen molar-refractivity contribution >= 4 is 71.1 Å². The molecule has 5 nitrogen and oxygen atoms in total. The molecule has 0 radical (unpaired) electrons. The summed E-state index contributed by atoms with van der Waals surface area (Å²) in [5.74, 6) is 0. The molecule has 55 heavy (non-hydrogen) atoms. The van der Waals surface area contributed by atoms with Crippen molar-refractivity contribution in [2.45, 2.75) is 0 Å². The Morgan fingerprint density at radius 1 is 0.436 bits per heavy atom. The van der Waals surface area contributed by atoms with E-state index in [1.165, 1.54) is 10.8 Å². The first kappa shape index (κ1) is 30.7. The van der Waals surface area contributed by atoms with Crippen LogP contribution < -0.4 is 0 Å². The van der Waals surface area contributed by atoms with Crippen molar-refractivity contribution in [1.82, 2.24) is 13.7 Å². The van der Waals surface area contributed by atoms with Crippen LogP contribution >= 0.6 is 0 Å². The first-order valence-electron chi connectivity index (χ1n) is 18.3. The number of hydrogen-bond donors (Lipinski definition) is 0. The van der Waals surface area contributed by atoms with Crippen molar-refractivity contribution in [3.8, 4) is 34.3 Å². The fourth-order valence-electron chi connectivity index (χ4n) is 8.84. The minimum absolute atomic E-state index is 0.591. The average Bonchev–Trinajstić information content (AvgIpc) is 3.89. The minimum Gasteiger partial charge on any atom is -0.311 e. The van der Waals surface area contributed by atoms with Gasteiger partial charge in [0.05, 0.1) is 57.2 Å². The average molecular weight is 700 g/mol. The lowest BCUT2D eigenvalue weighted by Gasteiger charge is -2.16. The first-order valence-corrected chi connectivity index (χ1v) is 18.3. The predicted molar refractivity (Wildman–Crippen MR) is 226 cm³/mol. The van der Waals surface area contributed by atoms with Crippen LogP contribution in [0.25, 0.3) is 98.5 Å². The van der Waals surface area contributed by atoms with Gasteiger partial charge >= 0.3 is 0 Å². The lowest BCUT2D eigenvalue weighted by Crippen LogP contribution is -2.00. The summed E-state index contributed by atoms with van der Waals surface area (Å²) in [5, 5.41) is 17.0. The van der Waals surface area contributed by atoms with Gasteiger partial charge in [0.15, 0.2) is 5.69 Å². The first-order chi connectivity index (χ1) is 27.2. The lowest BCUT2D eigenvalue weighted by atomic mass is 10.0. The highest BCUT2D eigenvalue weighted by Crippen LogP contribution is 2.43. The Morgan fingerprint density at radius 3 is 1.64 bits per heavy atom.